The van der Waals surface area contributed by atoms with Gasteiger partial charge in [0.15, 0.2) is 0 Å². The maximum atomic E-state index is 11.4. The summed E-state index contributed by atoms with van der Waals surface area (Å²) < 4.78 is 5.06. The normalized spacial score (nSPS) is 10.8. The topological polar surface area (TPSA) is 71.5 Å². The van der Waals surface area contributed by atoms with Crippen molar-refractivity contribution in [3.8, 4) is 0 Å². The summed E-state index contributed by atoms with van der Waals surface area (Å²) >= 11 is 0. The van der Waals surface area contributed by atoms with E-state index in [0.717, 1.165) is 29.8 Å². The van der Waals surface area contributed by atoms with Crippen LogP contribution in [-0.2, 0) is 24.3 Å². The number of amides is 1. The van der Waals surface area contributed by atoms with Crippen LogP contribution in [0.4, 0.5) is 0 Å². The Morgan fingerprint density at radius 3 is 2.65 bits per heavy atom. The molecule has 1 aromatic carbocycles. The average Bonchev–Trinajstić information content (AvgIpc) is 2.93. The van der Waals surface area contributed by atoms with Crippen LogP contribution in [0.1, 0.15) is 16.7 Å². The van der Waals surface area contributed by atoms with Gasteiger partial charge in [0.1, 0.15) is 0 Å². The van der Waals surface area contributed by atoms with Crippen molar-refractivity contribution in [1.29, 1.82) is 0 Å². The Morgan fingerprint density at radius 1 is 1.25 bits per heavy atom. The van der Waals surface area contributed by atoms with Crippen LogP contribution in [0.25, 0.3) is 0 Å². The van der Waals surface area contributed by atoms with Gasteiger partial charge in [-0.2, -0.15) is 0 Å². The maximum absolute atomic E-state index is 11.4. The predicted octanol–water partition coefficient (Wildman–Crippen LogP) is 1.44. The molecule has 0 fully saturated rings. The number of rotatable bonds is 6. The molecule has 5 heteroatoms. The second-order valence-corrected chi connectivity index (χ2v) is 4.82. The van der Waals surface area contributed by atoms with Gasteiger partial charge in [0, 0.05) is 18.7 Å². The molecule has 2 aromatic rings. The van der Waals surface area contributed by atoms with E-state index in [1.807, 2.05) is 37.4 Å². The van der Waals surface area contributed by atoms with E-state index in [-0.39, 0.29) is 5.91 Å². The summed E-state index contributed by atoms with van der Waals surface area (Å²) in [7, 11) is 2.03. The monoisotopic (exact) mass is 273 g/mol. The van der Waals surface area contributed by atoms with Crippen LogP contribution in [0.15, 0.2) is 47.3 Å². The molecule has 3 N–H and O–H groups in total. The van der Waals surface area contributed by atoms with E-state index in [0.29, 0.717) is 6.42 Å². The van der Waals surface area contributed by atoms with Gasteiger partial charge in [-0.1, -0.05) is 24.3 Å². The summed E-state index contributed by atoms with van der Waals surface area (Å²) in [4.78, 5) is 13.6. The van der Waals surface area contributed by atoms with E-state index in [9.17, 15) is 4.79 Å². The van der Waals surface area contributed by atoms with Crippen molar-refractivity contribution in [3.05, 3.63) is 59.5 Å². The molecule has 0 aliphatic carbocycles. The van der Waals surface area contributed by atoms with E-state index in [1.54, 1.807) is 12.5 Å². The highest BCUT2D eigenvalue weighted by atomic mass is 16.3. The van der Waals surface area contributed by atoms with Gasteiger partial charge < -0.3 is 4.42 Å². The number of hydrogen-bond donors (Lipinski definition) is 2. The fourth-order valence-electron chi connectivity index (χ4n) is 2.15. The fraction of sp³-hybridized carbons (Fsp3) is 0.267. The number of hydrogen-bond acceptors (Lipinski definition) is 4. The Kier molecular flexibility index (Phi) is 4.92. The van der Waals surface area contributed by atoms with Crippen LogP contribution in [0.5, 0.6) is 0 Å². The van der Waals surface area contributed by atoms with Crippen molar-refractivity contribution in [2.45, 2.75) is 19.5 Å². The lowest BCUT2D eigenvalue weighted by atomic mass is 10.0. The Morgan fingerprint density at radius 2 is 2.00 bits per heavy atom. The first-order chi connectivity index (χ1) is 9.69. The highest BCUT2D eigenvalue weighted by Gasteiger charge is 2.09. The number of nitrogens with one attached hydrogen (secondary N) is 1. The van der Waals surface area contributed by atoms with Gasteiger partial charge in [0.2, 0.25) is 5.91 Å². The molecule has 0 aliphatic rings. The molecule has 0 saturated heterocycles. The molecule has 5 nitrogen and oxygen atoms in total. The largest absolute Gasteiger partial charge is 0.472 e. The Labute approximate surface area is 118 Å². The van der Waals surface area contributed by atoms with Crippen molar-refractivity contribution in [2.75, 3.05) is 7.05 Å². The van der Waals surface area contributed by atoms with Crippen molar-refractivity contribution in [2.24, 2.45) is 5.84 Å². The van der Waals surface area contributed by atoms with Gasteiger partial charge >= 0.3 is 0 Å². The average molecular weight is 273 g/mol. The van der Waals surface area contributed by atoms with Gasteiger partial charge in [-0.3, -0.25) is 15.1 Å². The highest BCUT2D eigenvalue weighted by molar-refractivity contribution is 5.78. The summed E-state index contributed by atoms with van der Waals surface area (Å²) in [6, 6.07) is 9.84. The number of nitrogens with zero attached hydrogens (tertiary/aromatic N) is 1. The Bertz CT molecular complexity index is 552. The molecule has 106 valence electrons. The molecule has 2 rings (SSSR count). The molecular formula is C15H19N3O2. The van der Waals surface area contributed by atoms with E-state index in [4.69, 9.17) is 10.3 Å². The summed E-state index contributed by atoms with van der Waals surface area (Å²) in [5, 5.41) is 0. The second-order valence-electron chi connectivity index (χ2n) is 4.82. The molecule has 20 heavy (non-hydrogen) atoms. The second kappa shape index (κ2) is 6.88. The lowest BCUT2D eigenvalue weighted by molar-refractivity contribution is -0.120. The summed E-state index contributed by atoms with van der Waals surface area (Å²) in [5.41, 5.74) is 5.42. The molecule has 0 bridgehead atoms. The van der Waals surface area contributed by atoms with E-state index in [1.165, 1.54) is 0 Å². The molecule has 0 aliphatic heterocycles. The number of carbonyl (C=O) groups excluding carboxylic acids is 1. The van der Waals surface area contributed by atoms with Crippen LogP contribution in [0, 0.1) is 0 Å². The zero-order chi connectivity index (χ0) is 14.4. The Balaban J connectivity index is 2.02. The van der Waals surface area contributed by atoms with E-state index in [2.05, 4.69) is 10.3 Å². The number of hydrazine groups is 1. The first-order valence-corrected chi connectivity index (χ1v) is 6.45. The molecule has 0 radical (unpaired) electrons. The molecule has 0 spiro atoms. The Hall–Kier alpha value is -2.11. The standard InChI is InChI=1S/C15H19N3O2/c1-18(9-12-6-7-20-11-12)10-14-5-3-2-4-13(14)8-15(19)17-16/h2-7,11H,8-10,16H2,1H3,(H,17,19). The smallest absolute Gasteiger partial charge is 0.238 e. The van der Waals surface area contributed by atoms with Crippen molar-refractivity contribution < 1.29 is 9.21 Å². The number of benzene rings is 1. The molecule has 1 aromatic heterocycles. The SMILES string of the molecule is CN(Cc1ccoc1)Cc1ccccc1CC(=O)NN. The van der Waals surface area contributed by atoms with Crippen LogP contribution in [0.3, 0.4) is 0 Å². The van der Waals surface area contributed by atoms with Gasteiger partial charge in [-0.15, -0.1) is 0 Å². The van der Waals surface area contributed by atoms with Crippen molar-refractivity contribution in [1.82, 2.24) is 10.3 Å². The number of carbonyl (C=O) groups is 1. The number of nitrogens with two attached hydrogens (primary N) is 1. The third-order valence-corrected chi connectivity index (χ3v) is 3.10. The number of furan rings is 1. The molecule has 1 heterocycles. The van der Waals surface area contributed by atoms with Crippen LogP contribution in [-0.4, -0.2) is 17.9 Å². The minimum absolute atomic E-state index is 0.185. The molecule has 0 atom stereocenters. The predicted molar refractivity (Wildman–Crippen MR) is 76.4 cm³/mol. The quantitative estimate of drug-likeness (QED) is 0.474. The molecule has 0 saturated carbocycles. The van der Waals surface area contributed by atoms with Gasteiger partial charge in [0.25, 0.3) is 0 Å². The first-order valence-electron chi connectivity index (χ1n) is 6.45. The van der Waals surface area contributed by atoms with Gasteiger partial charge in [0.05, 0.1) is 18.9 Å². The third-order valence-electron chi connectivity index (χ3n) is 3.10. The molecule has 0 unspecified atom stereocenters. The summed E-state index contributed by atoms with van der Waals surface area (Å²) in [6.07, 6.45) is 3.71. The van der Waals surface area contributed by atoms with Gasteiger partial charge in [-0.05, 0) is 24.2 Å². The van der Waals surface area contributed by atoms with Crippen LogP contribution < -0.4 is 11.3 Å². The van der Waals surface area contributed by atoms with Crippen molar-refractivity contribution >= 4 is 5.91 Å². The van der Waals surface area contributed by atoms with Gasteiger partial charge in [-0.25, -0.2) is 5.84 Å². The van der Waals surface area contributed by atoms with E-state index >= 15 is 0 Å². The highest BCUT2D eigenvalue weighted by Crippen LogP contribution is 2.14. The van der Waals surface area contributed by atoms with Crippen molar-refractivity contribution in [3.63, 3.8) is 0 Å². The zero-order valence-corrected chi connectivity index (χ0v) is 11.5. The zero-order valence-electron chi connectivity index (χ0n) is 11.5. The summed E-state index contributed by atoms with van der Waals surface area (Å²) in [6.45, 7) is 1.56. The minimum atomic E-state index is -0.185. The molecule has 1 amide bonds. The van der Waals surface area contributed by atoms with Crippen LogP contribution in [0.2, 0.25) is 0 Å². The lowest BCUT2D eigenvalue weighted by Crippen LogP contribution is -2.31. The maximum Gasteiger partial charge on any atom is 0.238 e. The molecular weight excluding hydrogens is 254 g/mol. The van der Waals surface area contributed by atoms with Crippen LogP contribution >= 0.6 is 0 Å². The fourth-order valence-corrected chi connectivity index (χ4v) is 2.15. The lowest BCUT2D eigenvalue weighted by Gasteiger charge is -2.18. The minimum Gasteiger partial charge on any atom is -0.472 e. The first kappa shape index (κ1) is 14.3. The third kappa shape index (κ3) is 3.94. The summed E-state index contributed by atoms with van der Waals surface area (Å²) in [5.74, 6) is 4.96. The van der Waals surface area contributed by atoms with E-state index < -0.39 is 0 Å².